The van der Waals surface area contributed by atoms with E-state index in [1.165, 1.54) is 12.1 Å². The number of nitrogens with zero attached hydrogens (tertiary/aromatic N) is 1. The summed E-state index contributed by atoms with van der Waals surface area (Å²) in [5.74, 6) is -0.0907. The Bertz CT molecular complexity index is 584. The number of hydrogen-bond donors (Lipinski definition) is 0. The number of amides is 1. The van der Waals surface area contributed by atoms with Gasteiger partial charge >= 0.3 is 0 Å². The van der Waals surface area contributed by atoms with Crippen LogP contribution in [0.4, 0.5) is 0 Å². The molecular formula is C14H19NO4S. The summed E-state index contributed by atoms with van der Waals surface area (Å²) < 4.78 is 28.4. The van der Waals surface area contributed by atoms with Gasteiger partial charge < -0.3 is 9.64 Å². The van der Waals surface area contributed by atoms with Crippen molar-refractivity contribution in [1.29, 1.82) is 0 Å². The largest absolute Gasteiger partial charge is 0.372 e. The Morgan fingerprint density at radius 3 is 2.10 bits per heavy atom. The molecule has 20 heavy (non-hydrogen) atoms. The Balaban J connectivity index is 2.17. The third kappa shape index (κ3) is 3.37. The number of hydrogen-bond acceptors (Lipinski definition) is 4. The molecule has 0 aromatic heterocycles. The molecule has 1 aliphatic heterocycles. The minimum absolute atomic E-state index is 0.0120. The van der Waals surface area contributed by atoms with Crippen LogP contribution in [0.1, 0.15) is 24.2 Å². The van der Waals surface area contributed by atoms with Gasteiger partial charge in [-0.1, -0.05) is 0 Å². The van der Waals surface area contributed by atoms with Crippen molar-refractivity contribution in [3.63, 3.8) is 0 Å². The lowest BCUT2D eigenvalue weighted by Gasteiger charge is -2.35. The first-order valence-electron chi connectivity index (χ1n) is 6.52. The number of morpholine rings is 1. The van der Waals surface area contributed by atoms with Crippen LogP contribution in [-0.2, 0) is 14.6 Å². The van der Waals surface area contributed by atoms with Gasteiger partial charge in [-0.3, -0.25) is 4.79 Å². The highest BCUT2D eigenvalue weighted by atomic mass is 32.2. The molecule has 0 bridgehead atoms. The topological polar surface area (TPSA) is 63.7 Å². The van der Waals surface area contributed by atoms with E-state index in [9.17, 15) is 13.2 Å². The second-order valence-corrected chi connectivity index (χ2v) is 7.28. The van der Waals surface area contributed by atoms with E-state index in [2.05, 4.69) is 0 Å². The van der Waals surface area contributed by atoms with Gasteiger partial charge in [-0.2, -0.15) is 0 Å². The van der Waals surface area contributed by atoms with Gasteiger partial charge in [0.25, 0.3) is 5.91 Å². The van der Waals surface area contributed by atoms with Gasteiger partial charge in [0.15, 0.2) is 9.84 Å². The number of carbonyl (C=O) groups is 1. The highest BCUT2D eigenvalue weighted by Crippen LogP contribution is 2.16. The van der Waals surface area contributed by atoms with Crippen molar-refractivity contribution >= 4 is 15.7 Å². The highest BCUT2D eigenvalue weighted by Gasteiger charge is 2.26. The first kappa shape index (κ1) is 15.0. The smallest absolute Gasteiger partial charge is 0.254 e. The van der Waals surface area contributed by atoms with Gasteiger partial charge in [0.2, 0.25) is 0 Å². The van der Waals surface area contributed by atoms with Crippen LogP contribution in [0, 0.1) is 0 Å². The normalized spacial score (nSPS) is 23.6. The zero-order valence-electron chi connectivity index (χ0n) is 11.9. The molecule has 0 aliphatic carbocycles. The Kier molecular flexibility index (Phi) is 4.15. The molecule has 2 rings (SSSR count). The number of sulfone groups is 1. The molecule has 2 atom stereocenters. The fourth-order valence-corrected chi connectivity index (χ4v) is 3.00. The van der Waals surface area contributed by atoms with Crippen LogP contribution in [0.3, 0.4) is 0 Å². The van der Waals surface area contributed by atoms with Crippen LogP contribution in [0.5, 0.6) is 0 Å². The average Bonchev–Trinajstić information content (AvgIpc) is 2.36. The average molecular weight is 297 g/mol. The molecule has 110 valence electrons. The van der Waals surface area contributed by atoms with E-state index in [-0.39, 0.29) is 23.0 Å². The molecule has 0 N–H and O–H groups in total. The molecule has 6 heteroatoms. The third-order valence-electron chi connectivity index (χ3n) is 3.24. The van der Waals surface area contributed by atoms with E-state index < -0.39 is 9.84 Å². The Labute approximate surface area is 119 Å². The lowest BCUT2D eigenvalue weighted by Crippen LogP contribution is -2.48. The summed E-state index contributed by atoms with van der Waals surface area (Å²) in [5, 5.41) is 0. The predicted molar refractivity (Wildman–Crippen MR) is 75.5 cm³/mol. The summed E-state index contributed by atoms with van der Waals surface area (Å²) in [6.07, 6.45) is 1.17. The van der Waals surface area contributed by atoms with Crippen LogP contribution in [0.25, 0.3) is 0 Å². The molecule has 1 amide bonds. The second kappa shape index (κ2) is 5.54. The van der Waals surface area contributed by atoms with E-state index in [1.807, 2.05) is 13.8 Å². The van der Waals surface area contributed by atoms with E-state index in [0.717, 1.165) is 6.26 Å². The monoisotopic (exact) mass is 297 g/mol. The van der Waals surface area contributed by atoms with E-state index >= 15 is 0 Å². The fraction of sp³-hybridized carbons (Fsp3) is 0.500. The van der Waals surface area contributed by atoms with Gasteiger partial charge in [0.1, 0.15) is 0 Å². The van der Waals surface area contributed by atoms with Crippen molar-refractivity contribution in [3.8, 4) is 0 Å². The standard InChI is InChI=1S/C14H19NO4S/c1-10-8-15(9-11(2)19-10)14(16)12-4-6-13(7-5-12)20(3,17)18/h4-7,10-11H,8-9H2,1-3H3/t10-,11-/m0/s1. The molecular weight excluding hydrogens is 278 g/mol. The minimum atomic E-state index is -3.23. The summed E-state index contributed by atoms with van der Waals surface area (Å²) in [4.78, 5) is 14.3. The third-order valence-corrected chi connectivity index (χ3v) is 4.36. The molecule has 1 aliphatic rings. The van der Waals surface area contributed by atoms with Crippen LogP contribution in [0.2, 0.25) is 0 Å². The van der Waals surface area contributed by atoms with Gasteiger partial charge in [0, 0.05) is 24.9 Å². The first-order chi connectivity index (χ1) is 9.27. The summed E-state index contributed by atoms with van der Waals surface area (Å²) in [7, 11) is -3.23. The fourth-order valence-electron chi connectivity index (χ4n) is 2.37. The molecule has 0 saturated carbocycles. The molecule has 0 radical (unpaired) electrons. The summed E-state index contributed by atoms with van der Waals surface area (Å²) in [6.45, 7) is 4.97. The minimum Gasteiger partial charge on any atom is -0.372 e. The Hall–Kier alpha value is -1.40. The van der Waals surface area contributed by atoms with Gasteiger partial charge in [-0.15, -0.1) is 0 Å². The summed E-state index contributed by atoms with van der Waals surface area (Å²) >= 11 is 0. The van der Waals surface area contributed by atoms with E-state index in [4.69, 9.17) is 4.74 Å². The van der Waals surface area contributed by atoms with Crippen LogP contribution < -0.4 is 0 Å². The van der Waals surface area contributed by atoms with Crippen molar-refractivity contribution in [2.45, 2.75) is 31.0 Å². The molecule has 0 spiro atoms. The van der Waals surface area contributed by atoms with E-state index in [1.54, 1.807) is 17.0 Å². The van der Waals surface area contributed by atoms with Crippen LogP contribution in [-0.4, -0.2) is 50.8 Å². The van der Waals surface area contributed by atoms with Gasteiger partial charge in [-0.05, 0) is 38.1 Å². The number of rotatable bonds is 2. The highest BCUT2D eigenvalue weighted by molar-refractivity contribution is 7.90. The summed E-state index contributed by atoms with van der Waals surface area (Å²) in [5.41, 5.74) is 0.499. The molecule has 5 nitrogen and oxygen atoms in total. The number of benzene rings is 1. The van der Waals surface area contributed by atoms with Gasteiger partial charge in [-0.25, -0.2) is 8.42 Å². The molecule has 1 aromatic carbocycles. The van der Waals surface area contributed by atoms with Crippen molar-refractivity contribution in [2.75, 3.05) is 19.3 Å². The maximum absolute atomic E-state index is 12.4. The van der Waals surface area contributed by atoms with E-state index in [0.29, 0.717) is 18.7 Å². The maximum atomic E-state index is 12.4. The predicted octanol–water partition coefficient (Wildman–Crippen LogP) is 1.34. The molecule has 1 saturated heterocycles. The lowest BCUT2D eigenvalue weighted by molar-refractivity contribution is -0.0586. The van der Waals surface area contributed by atoms with Crippen molar-refractivity contribution in [2.24, 2.45) is 0 Å². The van der Waals surface area contributed by atoms with Crippen molar-refractivity contribution in [1.82, 2.24) is 4.90 Å². The second-order valence-electron chi connectivity index (χ2n) is 5.26. The zero-order chi connectivity index (χ0) is 14.9. The first-order valence-corrected chi connectivity index (χ1v) is 8.41. The summed E-state index contributed by atoms with van der Waals surface area (Å²) in [6, 6.07) is 6.05. The molecule has 1 fully saturated rings. The van der Waals surface area contributed by atoms with Crippen molar-refractivity contribution < 1.29 is 17.9 Å². The van der Waals surface area contributed by atoms with Gasteiger partial charge in [0.05, 0.1) is 17.1 Å². The Morgan fingerprint density at radius 2 is 1.65 bits per heavy atom. The Morgan fingerprint density at radius 1 is 1.15 bits per heavy atom. The van der Waals surface area contributed by atoms with Crippen molar-refractivity contribution in [3.05, 3.63) is 29.8 Å². The number of carbonyl (C=O) groups excluding carboxylic acids is 1. The van der Waals surface area contributed by atoms with Crippen LogP contribution >= 0.6 is 0 Å². The quantitative estimate of drug-likeness (QED) is 0.826. The molecule has 1 aromatic rings. The molecule has 0 unspecified atom stereocenters. The zero-order valence-corrected chi connectivity index (χ0v) is 12.7. The number of ether oxygens (including phenoxy) is 1. The van der Waals surface area contributed by atoms with Crippen LogP contribution in [0.15, 0.2) is 29.2 Å². The lowest BCUT2D eigenvalue weighted by atomic mass is 10.1. The maximum Gasteiger partial charge on any atom is 0.254 e. The molecule has 1 heterocycles. The SMILES string of the molecule is C[C@H]1CN(C(=O)c2ccc(S(C)(=O)=O)cc2)C[C@H](C)O1.